The van der Waals surface area contributed by atoms with Crippen LogP contribution in [0.15, 0.2) is 49.1 Å². The monoisotopic (exact) mass is 377 g/mol. The lowest BCUT2D eigenvalue weighted by Gasteiger charge is -2.19. The molecule has 4 rings (SSSR count). The van der Waals surface area contributed by atoms with Crippen molar-refractivity contribution >= 4 is 32.6 Å². The van der Waals surface area contributed by atoms with Gasteiger partial charge in [-0.25, -0.2) is 9.97 Å². The Balaban J connectivity index is 1.81. The smallest absolute Gasteiger partial charge is 0.296 e. The second-order valence-electron chi connectivity index (χ2n) is 6.54. The zero-order chi connectivity index (χ0) is 19.0. The molecule has 0 spiro atoms. The van der Waals surface area contributed by atoms with Crippen LogP contribution < -0.4 is 4.90 Å². The molecule has 136 valence electrons. The Bertz CT molecular complexity index is 1120. The third-order valence-corrected chi connectivity index (χ3v) is 5.40. The number of aryl methyl sites for hydroxylation is 3. The first kappa shape index (κ1) is 17.4. The normalized spacial score (nSPS) is 11.1. The zero-order valence-electron chi connectivity index (χ0n) is 15.4. The van der Waals surface area contributed by atoms with Crippen molar-refractivity contribution in [3.63, 3.8) is 0 Å². The Morgan fingerprint density at radius 3 is 2.81 bits per heavy atom. The third-order valence-electron chi connectivity index (χ3n) is 4.37. The van der Waals surface area contributed by atoms with Crippen molar-refractivity contribution in [2.45, 2.75) is 20.4 Å². The number of thiazole rings is 1. The topological polar surface area (TPSA) is 63.9 Å². The van der Waals surface area contributed by atoms with Gasteiger partial charge in [0.05, 0.1) is 16.8 Å². The summed E-state index contributed by atoms with van der Waals surface area (Å²) in [6, 6.07) is 8.04. The van der Waals surface area contributed by atoms with Crippen LogP contribution in [0.4, 0.5) is 5.13 Å². The van der Waals surface area contributed by atoms with Gasteiger partial charge in [0, 0.05) is 31.8 Å². The SMILES string of the molecule is Cc1cc(C)c2nc(N(Cc3cccnc3)C(=O)c3nccn3C)sc2c1. The second kappa shape index (κ2) is 6.92. The standard InChI is InChI=1S/C20H19N5OS/c1-13-9-14(2)17-16(10-13)27-20(23-17)25(12-15-5-4-6-21-11-15)19(26)18-22-7-8-24(18)3/h4-11H,12H2,1-3H3. The molecule has 0 fully saturated rings. The van der Waals surface area contributed by atoms with Gasteiger partial charge in [-0.1, -0.05) is 23.5 Å². The van der Waals surface area contributed by atoms with Gasteiger partial charge in [0.15, 0.2) is 11.0 Å². The van der Waals surface area contributed by atoms with Gasteiger partial charge in [0.2, 0.25) is 0 Å². The first-order valence-electron chi connectivity index (χ1n) is 8.59. The lowest BCUT2D eigenvalue weighted by molar-refractivity contribution is 0.0972. The summed E-state index contributed by atoms with van der Waals surface area (Å²) in [5, 5.41) is 0.663. The number of nitrogens with zero attached hydrogens (tertiary/aromatic N) is 5. The van der Waals surface area contributed by atoms with Gasteiger partial charge in [0.25, 0.3) is 5.91 Å². The molecule has 0 aliphatic heterocycles. The van der Waals surface area contributed by atoms with E-state index in [2.05, 4.69) is 29.0 Å². The molecule has 0 aliphatic rings. The Morgan fingerprint density at radius 2 is 2.11 bits per heavy atom. The number of fused-ring (bicyclic) bond motifs is 1. The third kappa shape index (κ3) is 3.33. The van der Waals surface area contributed by atoms with E-state index in [4.69, 9.17) is 4.98 Å². The molecule has 0 saturated heterocycles. The molecule has 6 nitrogen and oxygen atoms in total. The van der Waals surface area contributed by atoms with Gasteiger partial charge < -0.3 is 4.57 Å². The molecular weight excluding hydrogens is 358 g/mol. The number of imidazole rings is 1. The van der Waals surface area contributed by atoms with Crippen molar-refractivity contribution in [2.24, 2.45) is 7.05 Å². The molecule has 0 unspecified atom stereocenters. The number of anilines is 1. The molecule has 0 bridgehead atoms. The highest BCUT2D eigenvalue weighted by molar-refractivity contribution is 7.22. The van der Waals surface area contributed by atoms with Crippen molar-refractivity contribution < 1.29 is 4.79 Å². The number of carbonyl (C=O) groups excluding carboxylic acids is 1. The zero-order valence-corrected chi connectivity index (χ0v) is 16.2. The van der Waals surface area contributed by atoms with E-state index in [0.717, 1.165) is 21.3 Å². The molecule has 3 aromatic heterocycles. The van der Waals surface area contributed by atoms with E-state index >= 15 is 0 Å². The number of hydrogen-bond acceptors (Lipinski definition) is 5. The summed E-state index contributed by atoms with van der Waals surface area (Å²) in [7, 11) is 1.81. The summed E-state index contributed by atoms with van der Waals surface area (Å²) in [6.45, 7) is 4.50. The van der Waals surface area contributed by atoms with Crippen LogP contribution in [0.2, 0.25) is 0 Å². The van der Waals surface area contributed by atoms with Crippen molar-refractivity contribution in [1.82, 2.24) is 19.5 Å². The van der Waals surface area contributed by atoms with Gasteiger partial charge in [-0.2, -0.15) is 0 Å². The van der Waals surface area contributed by atoms with Gasteiger partial charge in [-0.05, 0) is 42.7 Å². The van der Waals surface area contributed by atoms with Gasteiger partial charge in [0.1, 0.15) is 0 Å². The first-order valence-corrected chi connectivity index (χ1v) is 9.40. The number of pyridine rings is 1. The maximum atomic E-state index is 13.2. The molecule has 0 atom stereocenters. The summed E-state index contributed by atoms with van der Waals surface area (Å²) in [4.78, 5) is 28.1. The molecule has 0 radical (unpaired) electrons. The van der Waals surface area contributed by atoms with Crippen molar-refractivity contribution in [3.8, 4) is 0 Å². The summed E-state index contributed by atoms with van der Waals surface area (Å²) >= 11 is 1.52. The summed E-state index contributed by atoms with van der Waals surface area (Å²) in [5.41, 5.74) is 4.17. The van der Waals surface area contributed by atoms with E-state index in [1.165, 1.54) is 16.9 Å². The number of amides is 1. The lowest BCUT2D eigenvalue weighted by atomic mass is 10.1. The van der Waals surface area contributed by atoms with Crippen LogP contribution in [-0.4, -0.2) is 25.4 Å². The Labute approximate surface area is 161 Å². The molecular formula is C20H19N5OS. The van der Waals surface area contributed by atoms with Crippen LogP contribution in [-0.2, 0) is 13.6 Å². The average molecular weight is 377 g/mol. The van der Waals surface area contributed by atoms with Crippen LogP contribution in [0.3, 0.4) is 0 Å². The number of rotatable bonds is 4. The Hall–Kier alpha value is -3.06. The van der Waals surface area contributed by atoms with E-state index in [1.807, 2.05) is 26.1 Å². The van der Waals surface area contributed by atoms with Gasteiger partial charge in [-0.3, -0.25) is 14.7 Å². The van der Waals surface area contributed by atoms with Gasteiger partial charge >= 0.3 is 0 Å². The highest BCUT2D eigenvalue weighted by Gasteiger charge is 2.25. The maximum Gasteiger partial charge on any atom is 0.296 e. The van der Waals surface area contributed by atoms with E-state index < -0.39 is 0 Å². The number of hydrogen-bond donors (Lipinski definition) is 0. The minimum Gasteiger partial charge on any atom is -0.330 e. The van der Waals surface area contributed by atoms with E-state index in [0.29, 0.717) is 17.5 Å². The van der Waals surface area contributed by atoms with Crippen molar-refractivity contribution in [3.05, 3.63) is 71.6 Å². The number of carbonyl (C=O) groups is 1. The Morgan fingerprint density at radius 1 is 1.26 bits per heavy atom. The molecule has 3 heterocycles. The average Bonchev–Trinajstić information content (AvgIpc) is 3.26. The molecule has 4 aromatic rings. The molecule has 27 heavy (non-hydrogen) atoms. The van der Waals surface area contributed by atoms with Crippen LogP contribution in [0.1, 0.15) is 27.3 Å². The minimum absolute atomic E-state index is 0.181. The van der Waals surface area contributed by atoms with E-state index in [1.54, 1.807) is 34.3 Å². The predicted molar refractivity (Wildman–Crippen MR) is 107 cm³/mol. The predicted octanol–water partition coefficient (Wildman–Crippen LogP) is 3.89. The summed E-state index contributed by atoms with van der Waals surface area (Å²) < 4.78 is 2.80. The number of benzene rings is 1. The second-order valence-corrected chi connectivity index (χ2v) is 7.55. The lowest BCUT2D eigenvalue weighted by Crippen LogP contribution is -2.32. The number of aromatic nitrogens is 4. The molecule has 0 aliphatic carbocycles. The van der Waals surface area contributed by atoms with E-state index in [-0.39, 0.29) is 5.91 Å². The van der Waals surface area contributed by atoms with Crippen molar-refractivity contribution in [1.29, 1.82) is 0 Å². The van der Waals surface area contributed by atoms with Crippen molar-refractivity contribution in [2.75, 3.05) is 4.90 Å². The summed E-state index contributed by atoms with van der Waals surface area (Å²) in [5.74, 6) is 0.200. The van der Waals surface area contributed by atoms with Gasteiger partial charge in [-0.15, -0.1) is 0 Å². The molecule has 1 amide bonds. The quantitative estimate of drug-likeness (QED) is 0.541. The fourth-order valence-electron chi connectivity index (χ4n) is 3.07. The van der Waals surface area contributed by atoms with Crippen LogP contribution in [0.5, 0.6) is 0 Å². The first-order chi connectivity index (χ1) is 13.0. The Kier molecular flexibility index (Phi) is 4.45. The highest BCUT2D eigenvalue weighted by atomic mass is 32.1. The molecule has 0 saturated carbocycles. The minimum atomic E-state index is -0.181. The fraction of sp³-hybridized carbons (Fsp3) is 0.200. The van der Waals surface area contributed by atoms with Crippen LogP contribution in [0.25, 0.3) is 10.2 Å². The molecule has 1 aromatic carbocycles. The fourth-order valence-corrected chi connectivity index (χ4v) is 4.21. The largest absolute Gasteiger partial charge is 0.330 e. The summed E-state index contributed by atoms with van der Waals surface area (Å²) in [6.07, 6.45) is 6.88. The van der Waals surface area contributed by atoms with Crippen LogP contribution >= 0.6 is 11.3 Å². The van der Waals surface area contributed by atoms with Crippen LogP contribution in [0, 0.1) is 13.8 Å². The maximum absolute atomic E-state index is 13.2. The van der Waals surface area contributed by atoms with E-state index in [9.17, 15) is 4.79 Å². The molecule has 0 N–H and O–H groups in total. The highest BCUT2D eigenvalue weighted by Crippen LogP contribution is 2.33. The molecule has 7 heteroatoms.